The van der Waals surface area contributed by atoms with Crippen LogP contribution in [0, 0.1) is 11.8 Å². The fraction of sp³-hybridized carbons (Fsp3) is 0.882. The fourth-order valence-corrected chi connectivity index (χ4v) is 4.01. The lowest BCUT2D eigenvalue weighted by Gasteiger charge is -2.35. The Balaban J connectivity index is 1.43. The van der Waals surface area contributed by atoms with Crippen LogP contribution >= 0.6 is 0 Å². The van der Waals surface area contributed by atoms with Crippen LogP contribution in [-0.4, -0.2) is 61.0 Å². The standard InChI is InChI=1S/C17H28N2O3/c20-16(13-14-3-1-2-4-14)18-7-5-15(6-8-18)17(21)19-9-11-22-12-10-19/h14-15H,1-13H2. The van der Waals surface area contributed by atoms with Gasteiger partial charge in [0.1, 0.15) is 0 Å². The van der Waals surface area contributed by atoms with E-state index in [1.807, 2.05) is 9.80 Å². The molecule has 1 saturated carbocycles. The fourth-order valence-electron chi connectivity index (χ4n) is 4.01. The highest BCUT2D eigenvalue weighted by Gasteiger charge is 2.31. The first-order chi connectivity index (χ1) is 10.7. The Kier molecular flexibility index (Phi) is 5.34. The first kappa shape index (κ1) is 15.8. The van der Waals surface area contributed by atoms with E-state index in [4.69, 9.17) is 4.74 Å². The molecule has 2 aliphatic heterocycles. The van der Waals surface area contributed by atoms with Gasteiger partial charge in [-0.1, -0.05) is 12.8 Å². The molecule has 2 heterocycles. The molecule has 0 aromatic rings. The van der Waals surface area contributed by atoms with E-state index in [1.165, 1.54) is 25.7 Å². The Labute approximate surface area is 133 Å². The predicted molar refractivity (Wildman–Crippen MR) is 83.3 cm³/mol. The second-order valence-electron chi connectivity index (χ2n) is 6.95. The normalized spacial score (nSPS) is 24.7. The topological polar surface area (TPSA) is 49.9 Å². The van der Waals surface area contributed by atoms with Crippen molar-refractivity contribution in [1.82, 2.24) is 9.80 Å². The minimum absolute atomic E-state index is 0.105. The van der Waals surface area contributed by atoms with Gasteiger partial charge in [-0.3, -0.25) is 9.59 Å². The Morgan fingerprint density at radius 3 is 2.14 bits per heavy atom. The molecule has 0 bridgehead atoms. The van der Waals surface area contributed by atoms with Crippen molar-refractivity contribution in [3.8, 4) is 0 Å². The Hall–Kier alpha value is -1.10. The van der Waals surface area contributed by atoms with Crippen LogP contribution in [0.5, 0.6) is 0 Å². The first-order valence-electron chi connectivity index (χ1n) is 8.88. The maximum atomic E-state index is 12.5. The van der Waals surface area contributed by atoms with Gasteiger partial charge in [-0.05, 0) is 31.6 Å². The molecule has 22 heavy (non-hydrogen) atoms. The first-order valence-corrected chi connectivity index (χ1v) is 8.88. The molecule has 0 unspecified atom stereocenters. The zero-order valence-corrected chi connectivity index (χ0v) is 13.5. The molecule has 1 aliphatic carbocycles. The summed E-state index contributed by atoms with van der Waals surface area (Å²) < 4.78 is 5.30. The van der Waals surface area contributed by atoms with Gasteiger partial charge in [0, 0.05) is 38.5 Å². The van der Waals surface area contributed by atoms with Crippen LogP contribution in [0.15, 0.2) is 0 Å². The SMILES string of the molecule is O=C(CC1CCCC1)N1CCC(C(=O)N2CCOCC2)CC1. The molecule has 5 nitrogen and oxygen atoms in total. The number of rotatable bonds is 3. The second kappa shape index (κ2) is 7.44. The van der Waals surface area contributed by atoms with Crippen molar-refractivity contribution in [3.05, 3.63) is 0 Å². The molecule has 5 heteroatoms. The van der Waals surface area contributed by atoms with Crippen LogP contribution in [0.2, 0.25) is 0 Å². The minimum Gasteiger partial charge on any atom is -0.378 e. The van der Waals surface area contributed by atoms with E-state index in [-0.39, 0.29) is 11.8 Å². The van der Waals surface area contributed by atoms with Gasteiger partial charge in [0.15, 0.2) is 0 Å². The van der Waals surface area contributed by atoms with E-state index in [9.17, 15) is 9.59 Å². The molecule has 0 aromatic carbocycles. The van der Waals surface area contributed by atoms with E-state index in [0.717, 1.165) is 45.4 Å². The summed E-state index contributed by atoms with van der Waals surface area (Å²) in [6.45, 7) is 4.27. The van der Waals surface area contributed by atoms with Crippen molar-refractivity contribution in [2.24, 2.45) is 11.8 Å². The molecule has 0 radical (unpaired) electrons. The van der Waals surface area contributed by atoms with Crippen LogP contribution in [0.3, 0.4) is 0 Å². The number of piperidine rings is 1. The molecule has 124 valence electrons. The van der Waals surface area contributed by atoms with Crippen LogP contribution in [-0.2, 0) is 14.3 Å². The number of nitrogens with zero attached hydrogens (tertiary/aromatic N) is 2. The lowest BCUT2D eigenvalue weighted by molar-refractivity contribution is -0.144. The van der Waals surface area contributed by atoms with Gasteiger partial charge in [0.25, 0.3) is 0 Å². The van der Waals surface area contributed by atoms with Crippen molar-refractivity contribution in [3.63, 3.8) is 0 Å². The monoisotopic (exact) mass is 308 g/mol. The van der Waals surface area contributed by atoms with E-state index >= 15 is 0 Å². The van der Waals surface area contributed by atoms with Gasteiger partial charge in [-0.2, -0.15) is 0 Å². The average molecular weight is 308 g/mol. The molecule has 2 saturated heterocycles. The number of carbonyl (C=O) groups excluding carboxylic acids is 2. The van der Waals surface area contributed by atoms with Gasteiger partial charge >= 0.3 is 0 Å². The van der Waals surface area contributed by atoms with Gasteiger partial charge in [0.05, 0.1) is 13.2 Å². The van der Waals surface area contributed by atoms with Crippen molar-refractivity contribution >= 4 is 11.8 Å². The molecule has 0 atom stereocenters. The lowest BCUT2D eigenvalue weighted by atomic mass is 9.94. The molecule has 3 rings (SSSR count). The van der Waals surface area contributed by atoms with Gasteiger partial charge < -0.3 is 14.5 Å². The smallest absolute Gasteiger partial charge is 0.225 e. The molecule has 0 spiro atoms. The quantitative estimate of drug-likeness (QED) is 0.797. The van der Waals surface area contributed by atoms with Crippen molar-refractivity contribution in [2.45, 2.75) is 44.9 Å². The average Bonchev–Trinajstić information content (AvgIpc) is 3.08. The highest BCUT2D eigenvalue weighted by molar-refractivity contribution is 5.80. The summed E-state index contributed by atoms with van der Waals surface area (Å²) in [5.74, 6) is 1.30. The number of amides is 2. The van der Waals surface area contributed by atoms with E-state index < -0.39 is 0 Å². The molecule has 3 fully saturated rings. The number of hydrogen-bond acceptors (Lipinski definition) is 3. The summed E-state index contributed by atoms with van der Waals surface area (Å²) in [6, 6.07) is 0. The zero-order chi connectivity index (χ0) is 15.4. The second-order valence-corrected chi connectivity index (χ2v) is 6.95. The number of likely N-dealkylation sites (tertiary alicyclic amines) is 1. The molecular weight excluding hydrogens is 280 g/mol. The van der Waals surface area contributed by atoms with E-state index in [1.54, 1.807) is 0 Å². The summed E-state index contributed by atoms with van der Waals surface area (Å²) >= 11 is 0. The molecule has 3 aliphatic rings. The third kappa shape index (κ3) is 3.80. The maximum absolute atomic E-state index is 12.5. The molecule has 2 amide bonds. The van der Waals surface area contributed by atoms with Gasteiger partial charge in [-0.15, -0.1) is 0 Å². The lowest BCUT2D eigenvalue weighted by Crippen LogP contribution is -2.47. The minimum atomic E-state index is 0.105. The maximum Gasteiger partial charge on any atom is 0.225 e. The number of morpholine rings is 1. The van der Waals surface area contributed by atoms with Gasteiger partial charge in [0.2, 0.25) is 11.8 Å². The Bertz CT molecular complexity index is 393. The van der Waals surface area contributed by atoms with Crippen LogP contribution in [0.1, 0.15) is 44.9 Å². The number of hydrogen-bond donors (Lipinski definition) is 0. The third-order valence-electron chi connectivity index (χ3n) is 5.46. The number of ether oxygens (including phenoxy) is 1. The summed E-state index contributed by atoms with van der Waals surface area (Å²) in [6.07, 6.45) is 7.39. The highest BCUT2D eigenvalue weighted by atomic mass is 16.5. The summed E-state index contributed by atoms with van der Waals surface area (Å²) in [5, 5.41) is 0. The predicted octanol–water partition coefficient (Wildman–Crippen LogP) is 1.66. The third-order valence-corrected chi connectivity index (χ3v) is 5.46. The van der Waals surface area contributed by atoms with Crippen LogP contribution in [0.25, 0.3) is 0 Å². The largest absolute Gasteiger partial charge is 0.378 e. The van der Waals surface area contributed by atoms with E-state index in [2.05, 4.69) is 0 Å². The molecule has 0 aromatic heterocycles. The van der Waals surface area contributed by atoms with Gasteiger partial charge in [-0.25, -0.2) is 0 Å². The van der Waals surface area contributed by atoms with Crippen LogP contribution in [0.4, 0.5) is 0 Å². The molecule has 0 N–H and O–H groups in total. The zero-order valence-electron chi connectivity index (χ0n) is 13.5. The van der Waals surface area contributed by atoms with Crippen molar-refractivity contribution in [1.29, 1.82) is 0 Å². The Morgan fingerprint density at radius 1 is 0.864 bits per heavy atom. The summed E-state index contributed by atoms with van der Waals surface area (Å²) in [4.78, 5) is 28.7. The Morgan fingerprint density at radius 2 is 1.50 bits per heavy atom. The summed E-state index contributed by atoms with van der Waals surface area (Å²) in [7, 11) is 0. The van der Waals surface area contributed by atoms with Crippen LogP contribution < -0.4 is 0 Å². The van der Waals surface area contributed by atoms with Crippen molar-refractivity contribution < 1.29 is 14.3 Å². The summed E-state index contributed by atoms with van der Waals surface area (Å²) in [5.41, 5.74) is 0. The highest BCUT2D eigenvalue weighted by Crippen LogP contribution is 2.29. The number of carbonyl (C=O) groups is 2. The van der Waals surface area contributed by atoms with E-state index in [0.29, 0.717) is 25.0 Å². The van der Waals surface area contributed by atoms with Crippen molar-refractivity contribution in [2.75, 3.05) is 39.4 Å². The molecular formula is C17H28N2O3.